The Labute approximate surface area is 85.8 Å². The van der Waals surface area contributed by atoms with E-state index >= 15 is 0 Å². The molecule has 0 bridgehead atoms. The summed E-state index contributed by atoms with van der Waals surface area (Å²) in [7, 11) is 0. The summed E-state index contributed by atoms with van der Waals surface area (Å²) in [5.41, 5.74) is 0. The highest BCUT2D eigenvalue weighted by Gasteiger charge is 2.40. The molecule has 2 atom stereocenters. The number of carbonyl (C=O) groups is 1. The van der Waals surface area contributed by atoms with Gasteiger partial charge in [-0.3, -0.25) is 0 Å². The van der Waals surface area contributed by atoms with Gasteiger partial charge in [0.15, 0.2) is 12.1 Å². The van der Waals surface area contributed by atoms with Gasteiger partial charge in [-0.25, -0.2) is 0 Å². The van der Waals surface area contributed by atoms with Crippen molar-refractivity contribution in [2.45, 2.75) is 64.4 Å². The van der Waals surface area contributed by atoms with Crippen molar-refractivity contribution in [1.82, 2.24) is 0 Å². The zero-order valence-electron chi connectivity index (χ0n) is 9.29. The molecule has 0 amide bonds. The van der Waals surface area contributed by atoms with Crippen LogP contribution in [0, 0.1) is 0 Å². The minimum absolute atomic E-state index is 0.0472. The fourth-order valence-electron chi connectivity index (χ4n) is 1.80. The molecule has 0 N–H and O–H groups in total. The molecule has 1 fully saturated rings. The van der Waals surface area contributed by atoms with Crippen molar-refractivity contribution in [3.8, 4) is 0 Å². The smallest absolute Gasteiger partial charge is 0.164 e. The number of hydrogen-bond donors (Lipinski definition) is 0. The lowest BCUT2D eigenvalue weighted by Crippen LogP contribution is -2.23. The van der Waals surface area contributed by atoms with E-state index in [0.717, 1.165) is 19.1 Å². The third kappa shape index (κ3) is 3.07. The highest BCUT2D eigenvalue weighted by atomic mass is 16.8. The molecule has 3 nitrogen and oxygen atoms in total. The molecule has 1 heterocycles. The summed E-state index contributed by atoms with van der Waals surface area (Å²) in [6, 6.07) is 0. The van der Waals surface area contributed by atoms with Crippen molar-refractivity contribution in [1.29, 1.82) is 0 Å². The van der Waals surface area contributed by atoms with E-state index in [2.05, 4.69) is 6.92 Å². The van der Waals surface area contributed by atoms with Gasteiger partial charge in [0.2, 0.25) is 0 Å². The lowest BCUT2D eigenvalue weighted by Gasteiger charge is -2.16. The van der Waals surface area contributed by atoms with Gasteiger partial charge in [0.05, 0.1) is 6.10 Å². The van der Waals surface area contributed by atoms with E-state index in [1.54, 1.807) is 0 Å². The molecule has 1 rings (SSSR count). The van der Waals surface area contributed by atoms with E-state index in [0.29, 0.717) is 0 Å². The monoisotopic (exact) mass is 200 g/mol. The number of ether oxygens (including phenoxy) is 2. The van der Waals surface area contributed by atoms with Crippen LogP contribution in [0.5, 0.6) is 0 Å². The Morgan fingerprint density at radius 3 is 2.57 bits per heavy atom. The van der Waals surface area contributed by atoms with Crippen molar-refractivity contribution < 1.29 is 14.3 Å². The van der Waals surface area contributed by atoms with Crippen LogP contribution in [0.15, 0.2) is 0 Å². The summed E-state index contributed by atoms with van der Waals surface area (Å²) in [5, 5.41) is 0. The third-order valence-electron chi connectivity index (χ3n) is 2.45. The van der Waals surface area contributed by atoms with Gasteiger partial charge in [-0.2, -0.15) is 0 Å². The summed E-state index contributed by atoms with van der Waals surface area (Å²) in [6.45, 7) is 5.86. The number of rotatable bonds is 5. The molecule has 0 aromatic carbocycles. The van der Waals surface area contributed by atoms with Gasteiger partial charge in [-0.15, -0.1) is 0 Å². The first-order valence-corrected chi connectivity index (χ1v) is 5.40. The molecule has 0 aromatic rings. The van der Waals surface area contributed by atoms with Crippen LogP contribution in [0.2, 0.25) is 0 Å². The minimum Gasteiger partial charge on any atom is -0.344 e. The second-order valence-electron chi connectivity index (χ2n) is 4.27. The largest absolute Gasteiger partial charge is 0.344 e. The maximum atomic E-state index is 10.7. The van der Waals surface area contributed by atoms with E-state index in [4.69, 9.17) is 9.47 Å². The van der Waals surface area contributed by atoms with Crippen molar-refractivity contribution in [2.24, 2.45) is 0 Å². The van der Waals surface area contributed by atoms with Crippen molar-refractivity contribution in [3.05, 3.63) is 0 Å². The number of carbonyl (C=O) groups excluding carboxylic acids is 1. The van der Waals surface area contributed by atoms with Crippen LogP contribution in [0.3, 0.4) is 0 Å². The Bertz CT molecular complexity index is 189. The van der Waals surface area contributed by atoms with Crippen molar-refractivity contribution in [2.75, 3.05) is 0 Å². The lowest BCUT2D eigenvalue weighted by molar-refractivity contribution is -0.150. The normalized spacial score (nSPS) is 30.5. The standard InChI is InChI=1S/C11H20O3/c1-4-5-6-7-9-10(8-12)14-11(2,3)13-9/h8-10H,4-7H2,1-3H3/t9-,10-/m1/s1. The third-order valence-corrected chi connectivity index (χ3v) is 2.45. The molecule has 82 valence electrons. The number of hydrogen-bond acceptors (Lipinski definition) is 3. The maximum Gasteiger partial charge on any atom is 0.164 e. The van der Waals surface area contributed by atoms with Gasteiger partial charge < -0.3 is 14.3 Å². The molecule has 3 heteroatoms. The molecule has 0 aromatic heterocycles. The van der Waals surface area contributed by atoms with Crippen LogP contribution >= 0.6 is 0 Å². The first-order chi connectivity index (χ1) is 6.59. The molecule has 0 saturated carbocycles. The molecule has 0 aliphatic carbocycles. The molecular formula is C11H20O3. The van der Waals surface area contributed by atoms with Crippen LogP contribution in [0.25, 0.3) is 0 Å². The SMILES string of the molecule is CCCCC[C@H]1OC(C)(C)O[C@@H]1C=O. The Morgan fingerprint density at radius 2 is 2.00 bits per heavy atom. The Kier molecular flexibility index (Phi) is 4.08. The maximum absolute atomic E-state index is 10.7. The zero-order valence-corrected chi connectivity index (χ0v) is 9.29. The van der Waals surface area contributed by atoms with Gasteiger partial charge in [0, 0.05) is 0 Å². The molecular weight excluding hydrogens is 180 g/mol. The van der Waals surface area contributed by atoms with E-state index < -0.39 is 5.79 Å². The van der Waals surface area contributed by atoms with Gasteiger partial charge >= 0.3 is 0 Å². The fourth-order valence-corrected chi connectivity index (χ4v) is 1.80. The first-order valence-electron chi connectivity index (χ1n) is 5.40. The van der Waals surface area contributed by atoms with Gasteiger partial charge in [-0.05, 0) is 20.3 Å². The predicted octanol–water partition coefficient (Wildman–Crippen LogP) is 2.29. The van der Waals surface area contributed by atoms with E-state index in [1.165, 1.54) is 12.8 Å². The molecule has 0 radical (unpaired) electrons. The molecule has 14 heavy (non-hydrogen) atoms. The first kappa shape index (κ1) is 11.7. The van der Waals surface area contributed by atoms with Gasteiger partial charge in [0.25, 0.3) is 0 Å². The zero-order chi connectivity index (χ0) is 10.6. The van der Waals surface area contributed by atoms with Crippen LogP contribution in [0.4, 0.5) is 0 Å². The van der Waals surface area contributed by atoms with E-state index in [9.17, 15) is 4.79 Å². The average Bonchev–Trinajstić information content (AvgIpc) is 2.41. The van der Waals surface area contributed by atoms with Crippen LogP contribution in [-0.2, 0) is 14.3 Å². The predicted molar refractivity (Wildman–Crippen MR) is 54.0 cm³/mol. The second-order valence-corrected chi connectivity index (χ2v) is 4.27. The topological polar surface area (TPSA) is 35.5 Å². The summed E-state index contributed by atoms with van der Waals surface area (Å²) in [5.74, 6) is -0.595. The Morgan fingerprint density at radius 1 is 1.29 bits per heavy atom. The highest BCUT2D eigenvalue weighted by molar-refractivity contribution is 5.57. The summed E-state index contributed by atoms with van der Waals surface area (Å²) in [4.78, 5) is 10.7. The van der Waals surface area contributed by atoms with Crippen LogP contribution in [0.1, 0.15) is 46.5 Å². The second kappa shape index (κ2) is 4.89. The minimum atomic E-state index is -0.595. The molecule has 1 aliphatic rings. The number of unbranched alkanes of at least 4 members (excludes halogenated alkanes) is 2. The Hall–Kier alpha value is -0.410. The van der Waals surface area contributed by atoms with Crippen LogP contribution < -0.4 is 0 Å². The Balaban J connectivity index is 2.39. The van der Waals surface area contributed by atoms with Crippen molar-refractivity contribution >= 4 is 6.29 Å². The lowest BCUT2D eigenvalue weighted by atomic mass is 10.1. The summed E-state index contributed by atoms with van der Waals surface area (Å²) in [6.07, 6.45) is 4.82. The highest BCUT2D eigenvalue weighted by Crippen LogP contribution is 2.29. The molecule has 0 unspecified atom stereocenters. The molecule has 1 aliphatic heterocycles. The van der Waals surface area contributed by atoms with E-state index in [1.807, 2.05) is 13.8 Å². The van der Waals surface area contributed by atoms with Crippen molar-refractivity contribution in [3.63, 3.8) is 0 Å². The van der Waals surface area contributed by atoms with E-state index in [-0.39, 0.29) is 12.2 Å². The molecule has 0 spiro atoms. The average molecular weight is 200 g/mol. The quantitative estimate of drug-likeness (QED) is 0.504. The van der Waals surface area contributed by atoms with Crippen LogP contribution in [-0.4, -0.2) is 24.3 Å². The summed E-state index contributed by atoms with van der Waals surface area (Å²) < 4.78 is 11.1. The summed E-state index contributed by atoms with van der Waals surface area (Å²) >= 11 is 0. The molecule has 1 saturated heterocycles. The van der Waals surface area contributed by atoms with Gasteiger partial charge in [-0.1, -0.05) is 26.2 Å². The fraction of sp³-hybridized carbons (Fsp3) is 0.909. The number of aldehydes is 1. The van der Waals surface area contributed by atoms with Gasteiger partial charge in [0.1, 0.15) is 6.10 Å².